The molecule has 2 aromatic heterocycles. The molecule has 210 valence electrons. The third-order valence-corrected chi connectivity index (χ3v) is 8.98. The zero-order chi connectivity index (χ0) is 27.9. The monoisotopic (exact) mass is 538 g/mol. The molecule has 2 aromatic rings. The van der Waals surface area contributed by atoms with Crippen molar-refractivity contribution in [1.82, 2.24) is 20.1 Å². The van der Waals surface area contributed by atoms with Gasteiger partial charge in [0, 0.05) is 42.7 Å². The molecule has 0 aliphatic carbocycles. The lowest BCUT2D eigenvalue weighted by atomic mass is 9.62. The number of aromatic nitrogens is 1. The molecule has 0 aromatic carbocycles. The van der Waals surface area contributed by atoms with E-state index in [1.807, 2.05) is 12.4 Å². The Balaban J connectivity index is 1.58. The highest BCUT2D eigenvalue weighted by molar-refractivity contribution is 7.14. The Bertz CT molecular complexity index is 1080. The summed E-state index contributed by atoms with van der Waals surface area (Å²) in [4.78, 5) is 13.7. The van der Waals surface area contributed by atoms with E-state index in [0.29, 0.717) is 11.7 Å². The molecule has 38 heavy (non-hydrogen) atoms. The van der Waals surface area contributed by atoms with Gasteiger partial charge >= 0.3 is 0 Å². The predicted octanol–water partition coefficient (Wildman–Crippen LogP) is 6.57. The van der Waals surface area contributed by atoms with E-state index < -0.39 is 0 Å². The lowest BCUT2D eigenvalue weighted by molar-refractivity contribution is 0.178. The second-order valence-electron chi connectivity index (χ2n) is 12.2. The van der Waals surface area contributed by atoms with Crippen molar-refractivity contribution in [3.63, 3.8) is 0 Å². The first kappa shape index (κ1) is 30.3. The van der Waals surface area contributed by atoms with Gasteiger partial charge in [-0.3, -0.25) is 0 Å². The Morgan fingerprint density at radius 2 is 1.97 bits per heavy atom. The minimum Gasteiger partial charge on any atom is -0.383 e. The minimum atomic E-state index is -0.0293. The number of nitrogens with two attached hydrogens (primary N) is 1. The molecule has 0 radical (unpaired) electrons. The third kappa shape index (κ3) is 7.45. The second kappa shape index (κ2) is 13.2. The lowest BCUT2D eigenvalue weighted by Crippen LogP contribution is -2.39. The van der Waals surface area contributed by atoms with Crippen LogP contribution in [0.4, 0.5) is 10.8 Å². The van der Waals surface area contributed by atoms with Crippen LogP contribution >= 0.6 is 11.3 Å². The van der Waals surface area contributed by atoms with Gasteiger partial charge < -0.3 is 20.9 Å². The maximum atomic E-state index is 6.41. The van der Waals surface area contributed by atoms with Crippen LogP contribution in [0.25, 0.3) is 5.70 Å². The van der Waals surface area contributed by atoms with Gasteiger partial charge in [0.1, 0.15) is 10.8 Å². The van der Waals surface area contributed by atoms with Crippen LogP contribution in [0.1, 0.15) is 77.5 Å². The molecule has 7 heteroatoms. The number of likely N-dealkylation sites (N-methyl/N-ethyl adjacent to an activating group) is 1. The molecule has 1 aliphatic heterocycles. The molecule has 0 fully saturated rings. The molecular formula is C31H50N6S. The van der Waals surface area contributed by atoms with Gasteiger partial charge in [0.2, 0.25) is 0 Å². The van der Waals surface area contributed by atoms with E-state index >= 15 is 0 Å². The summed E-state index contributed by atoms with van der Waals surface area (Å²) in [5, 5.41) is 7.05. The Kier molecular flexibility index (Phi) is 10.6. The molecule has 0 bridgehead atoms. The van der Waals surface area contributed by atoms with Crippen molar-refractivity contribution in [3.05, 3.63) is 47.0 Å². The van der Waals surface area contributed by atoms with E-state index in [4.69, 9.17) is 10.7 Å². The molecule has 1 aliphatic rings. The van der Waals surface area contributed by atoms with Crippen molar-refractivity contribution >= 4 is 34.2 Å². The average molecular weight is 539 g/mol. The molecule has 0 spiro atoms. The van der Waals surface area contributed by atoms with Gasteiger partial charge in [0.25, 0.3) is 0 Å². The number of aliphatic imine (C=N–C) groups is 1. The first-order chi connectivity index (χ1) is 18.0. The molecule has 3 rings (SSSR count). The summed E-state index contributed by atoms with van der Waals surface area (Å²) in [5.41, 5.74) is 11.4. The van der Waals surface area contributed by atoms with Crippen LogP contribution in [0.2, 0.25) is 0 Å². The summed E-state index contributed by atoms with van der Waals surface area (Å²) in [7, 11) is 2.17. The maximum Gasteiger partial charge on any atom is 0.127 e. The summed E-state index contributed by atoms with van der Waals surface area (Å²) in [5.74, 6) is 1.17. The predicted molar refractivity (Wildman–Crippen MR) is 166 cm³/mol. The summed E-state index contributed by atoms with van der Waals surface area (Å²) >= 11 is 1.73. The van der Waals surface area contributed by atoms with E-state index in [-0.39, 0.29) is 10.8 Å². The SMILES string of the molecule is C=C1c2c(CCN(C)CC)csc2N=CN1CCNCCC(CC)C(C)(CC(C)(C)C)c1cccnc1N. The van der Waals surface area contributed by atoms with Crippen molar-refractivity contribution < 1.29 is 0 Å². The molecule has 3 N–H and O–H groups in total. The summed E-state index contributed by atoms with van der Waals surface area (Å²) in [6.45, 7) is 23.1. The molecule has 6 nitrogen and oxygen atoms in total. The van der Waals surface area contributed by atoms with Crippen LogP contribution in [0.15, 0.2) is 35.3 Å². The summed E-state index contributed by atoms with van der Waals surface area (Å²) < 4.78 is 0. The first-order valence-corrected chi connectivity index (χ1v) is 15.1. The number of nitrogens with zero attached hydrogens (tertiary/aromatic N) is 4. The van der Waals surface area contributed by atoms with Crippen LogP contribution in [-0.4, -0.2) is 60.9 Å². The zero-order valence-electron chi connectivity index (χ0n) is 24.8. The largest absolute Gasteiger partial charge is 0.383 e. The highest BCUT2D eigenvalue weighted by Crippen LogP contribution is 2.46. The molecule has 0 saturated carbocycles. The molecular weight excluding hydrogens is 488 g/mol. The minimum absolute atomic E-state index is 0.0293. The van der Waals surface area contributed by atoms with Gasteiger partial charge in [-0.05, 0) is 73.2 Å². The molecule has 0 amide bonds. The van der Waals surface area contributed by atoms with Crippen LogP contribution < -0.4 is 11.1 Å². The number of fused-ring (bicyclic) bond motifs is 1. The lowest BCUT2D eigenvalue weighted by Gasteiger charge is -2.43. The number of pyridine rings is 1. The quantitative estimate of drug-likeness (QED) is 0.266. The first-order valence-electron chi connectivity index (χ1n) is 14.2. The van der Waals surface area contributed by atoms with E-state index in [1.54, 1.807) is 17.5 Å². The van der Waals surface area contributed by atoms with Crippen molar-refractivity contribution in [2.45, 2.75) is 72.6 Å². The Morgan fingerprint density at radius 3 is 2.63 bits per heavy atom. The second-order valence-corrected chi connectivity index (χ2v) is 13.1. The topological polar surface area (TPSA) is 69.8 Å². The number of anilines is 1. The summed E-state index contributed by atoms with van der Waals surface area (Å²) in [6, 6.07) is 4.20. The average Bonchev–Trinajstić information content (AvgIpc) is 3.28. The van der Waals surface area contributed by atoms with Crippen molar-refractivity contribution in [2.24, 2.45) is 16.3 Å². The molecule has 2 unspecified atom stereocenters. The van der Waals surface area contributed by atoms with E-state index in [1.165, 1.54) is 16.7 Å². The Labute approximate surface area is 235 Å². The Hall–Kier alpha value is -2.22. The van der Waals surface area contributed by atoms with E-state index in [0.717, 1.165) is 69.1 Å². The van der Waals surface area contributed by atoms with Crippen molar-refractivity contribution in [1.29, 1.82) is 0 Å². The van der Waals surface area contributed by atoms with Gasteiger partial charge in [-0.1, -0.05) is 60.6 Å². The fourth-order valence-electron chi connectivity index (χ4n) is 6.00. The fourth-order valence-corrected chi connectivity index (χ4v) is 6.97. The van der Waals surface area contributed by atoms with Crippen LogP contribution in [0, 0.1) is 11.3 Å². The van der Waals surface area contributed by atoms with Crippen LogP contribution in [0.5, 0.6) is 0 Å². The number of nitrogens with one attached hydrogen (secondary N) is 1. The standard InChI is InChI=1S/C31H50N6S/c1-9-25(31(7,21-30(4,5)6)26-12-11-15-34-28(26)32)13-16-33-17-19-37-22-35-29-27(23(37)3)24(20-38-29)14-18-36(8)10-2/h11-12,15,20,22,25,33H,3,9-10,13-14,16-19,21H2,1-2,4-8H3,(H2,32,34). The maximum absolute atomic E-state index is 6.41. The number of nitrogen functional groups attached to an aromatic ring is 1. The van der Waals surface area contributed by atoms with Crippen LogP contribution in [0.3, 0.4) is 0 Å². The number of hydrogen-bond acceptors (Lipinski definition) is 7. The third-order valence-electron chi connectivity index (χ3n) is 8.04. The highest BCUT2D eigenvalue weighted by atomic mass is 32.1. The van der Waals surface area contributed by atoms with Gasteiger partial charge in [0.15, 0.2) is 0 Å². The molecule has 0 saturated heterocycles. The number of hydrogen-bond donors (Lipinski definition) is 2. The van der Waals surface area contributed by atoms with E-state index in [9.17, 15) is 0 Å². The van der Waals surface area contributed by atoms with Gasteiger partial charge in [0.05, 0.1) is 6.34 Å². The van der Waals surface area contributed by atoms with Crippen LogP contribution in [-0.2, 0) is 11.8 Å². The number of thiophene rings is 1. The highest BCUT2D eigenvalue weighted by Gasteiger charge is 2.39. The fraction of sp³-hybridized carbons (Fsp3) is 0.613. The smallest absolute Gasteiger partial charge is 0.127 e. The molecule has 2 atom stereocenters. The van der Waals surface area contributed by atoms with Gasteiger partial charge in [-0.15, -0.1) is 11.3 Å². The zero-order valence-corrected chi connectivity index (χ0v) is 25.6. The summed E-state index contributed by atoms with van der Waals surface area (Å²) in [6.07, 6.45) is 8.04. The van der Waals surface area contributed by atoms with Crippen molar-refractivity contribution in [3.8, 4) is 0 Å². The normalized spacial score (nSPS) is 16.1. The van der Waals surface area contributed by atoms with Crippen molar-refractivity contribution in [2.75, 3.05) is 45.5 Å². The molecule has 3 heterocycles. The van der Waals surface area contributed by atoms with Gasteiger partial charge in [-0.25, -0.2) is 9.98 Å². The van der Waals surface area contributed by atoms with E-state index in [2.05, 4.69) is 86.7 Å². The van der Waals surface area contributed by atoms with Gasteiger partial charge in [-0.2, -0.15) is 0 Å². The number of rotatable bonds is 14. The Morgan fingerprint density at radius 1 is 1.21 bits per heavy atom.